The highest BCUT2D eigenvalue weighted by Gasteiger charge is 2.56. The minimum absolute atomic E-state index is 0.731. The number of carbonyl (C=O) groups is 2. The molecule has 18 nitrogen and oxygen atoms in total. The Hall–Kier alpha value is -3.08. The SMILES string of the molecule is C[C@H](NP(=O)(N[C@@H](C)C(=O)OC(C)(C)C)OC[C@@]1(N=[N+]=[N-])O[C@@H](n2ccc(=O)[nH]c2=O)[C@H](O)[C@@H]1O)C(=O)OC(C)(C)C. The predicted molar refractivity (Wildman–Crippen MR) is 146 cm³/mol. The Bertz CT molecular complexity index is 1320. The van der Waals surface area contributed by atoms with Crippen molar-refractivity contribution in [2.75, 3.05) is 6.61 Å². The molecule has 2 rings (SSSR count). The zero-order chi connectivity index (χ0) is 32.3. The van der Waals surface area contributed by atoms with Crippen molar-refractivity contribution in [3.05, 3.63) is 43.5 Å². The summed E-state index contributed by atoms with van der Waals surface area (Å²) >= 11 is 0. The summed E-state index contributed by atoms with van der Waals surface area (Å²) in [5, 5.41) is 29.8. The number of carbonyl (C=O) groups excluding carboxylic acids is 2. The molecule has 0 radical (unpaired) electrons. The van der Waals surface area contributed by atoms with Crippen LogP contribution in [0.15, 0.2) is 27.0 Å². The van der Waals surface area contributed by atoms with Crippen molar-refractivity contribution < 1.29 is 43.1 Å². The minimum atomic E-state index is -4.52. The third-order valence-electron chi connectivity index (χ3n) is 5.44. The molecule has 0 bridgehead atoms. The third-order valence-corrected chi connectivity index (χ3v) is 7.39. The molecule has 2 heterocycles. The van der Waals surface area contributed by atoms with Gasteiger partial charge < -0.3 is 28.9 Å². The molecular weight excluding hydrogens is 581 g/mol. The summed E-state index contributed by atoms with van der Waals surface area (Å²) in [6.07, 6.45) is -4.64. The summed E-state index contributed by atoms with van der Waals surface area (Å²) in [6.45, 7) is 11.3. The number of esters is 2. The van der Waals surface area contributed by atoms with E-state index in [4.69, 9.17) is 18.7 Å². The zero-order valence-electron chi connectivity index (χ0n) is 24.6. The molecule has 5 N–H and O–H groups in total. The topological polar surface area (TPSA) is 256 Å². The third kappa shape index (κ3) is 9.21. The molecule has 6 atom stereocenters. The number of ether oxygens (including phenoxy) is 3. The summed E-state index contributed by atoms with van der Waals surface area (Å²) in [7, 11) is -4.52. The smallest absolute Gasteiger partial charge is 0.342 e. The standard InChI is InChI=1S/C23H38N7O11P/c1-12(18(34)40-21(3,4)5)26-42(37,27-13(2)19(35)41-22(6,7)8)38-11-23(28-29-24)16(33)15(32)17(39-23)30-10-9-14(31)25-20(30)36/h9-10,12-13,15-17,32-33H,11H2,1-8H3,(H,25,31,36)(H2,26,27,37)/t12-,13-,15+,16-,17+,23+/m0/s1. The number of aromatic nitrogens is 2. The average molecular weight is 620 g/mol. The van der Waals surface area contributed by atoms with Crippen molar-refractivity contribution in [2.45, 2.75) is 103 Å². The van der Waals surface area contributed by atoms with Crippen LogP contribution in [0.1, 0.15) is 61.6 Å². The van der Waals surface area contributed by atoms with Gasteiger partial charge in [-0.2, -0.15) is 0 Å². The molecule has 0 spiro atoms. The molecule has 0 amide bonds. The largest absolute Gasteiger partial charge is 0.459 e. The van der Waals surface area contributed by atoms with Crippen LogP contribution in [0, 0.1) is 0 Å². The first-order chi connectivity index (χ1) is 19.1. The van der Waals surface area contributed by atoms with Crippen LogP contribution >= 0.6 is 7.67 Å². The lowest BCUT2D eigenvalue weighted by atomic mass is 10.1. The summed E-state index contributed by atoms with van der Waals surface area (Å²) < 4.78 is 36.5. The van der Waals surface area contributed by atoms with E-state index < -0.39 is 84.9 Å². The number of azide groups is 1. The van der Waals surface area contributed by atoms with Gasteiger partial charge in [-0.3, -0.25) is 28.5 Å². The highest BCUT2D eigenvalue weighted by molar-refractivity contribution is 7.54. The number of nitrogens with one attached hydrogen (secondary N) is 3. The van der Waals surface area contributed by atoms with Crippen molar-refractivity contribution >= 4 is 19.6 Å². The molecule has 0 saturated carbocycles. The molecule has 1 aromatic heterocycles. The number of aliphatic hydroxyl groups excluding tert-OH is 2. The van der Waals surface area contributed by atoms with Gasteiger partial charge in [0.1, 0.15) is 35.5 Å². The van der Waals surface area contributed by atoms with E-state index in [-0.39, 0.29) is 0 Å². The lowest BCUT2D eigenvalue weighted by molar-refractivity contribution is -0.157. The molecule has 19 heteroatoms. The quantitative estimate of drug-likeness (QED) is 0.0747. The number of nitrogens with zero attached hydrogens (tertiary/aromatic N) is 4. The second kappa shape index (κ2) is 13.1. The van der Waals surface area contributed by atoms with Crippen molar-refractivity contribution in [3.63, 3.8) is 0 Å². The van der Waals surface area contributed by atoms with E-state index >= 15 is 0 Å². The van der Waals surface area contributed by atoms with E-state index in [0.717, 1.165) is 16.8 Å². The Morgan fingerprint density at radius 3 is 2.07 bits per heavy atom. The number of hydrogen-bond donors (Lipinski definition) is 5. The number of hydrogen-bond acceptors (Lipinski definition) is 12. The van der Waals surface area contributed by atoms with E-state index in [9.17, 15) is 39.5 Å². The molecular formula is C23H38N7O11P. The van der Waals surface area contributed by atoms with Crippen LogP contribution in [0.5, 0.6) is 0 Å². The normalized spacial score (nSPS) is 24.4. The van der Waals surface area contributed by atoms with Crippen molar-refractivity contribution in [1.82, 2.24) is 19.7 Å². The van der Waals surface area contributed by atoms with E-state index in [1.165, 1.54) is 13.8 Å². The highest BCUT2D eigenvalue weighted by atomic mass is 31.2. The van der Waals surface area contributed by atoms with Crippen LogP contribution in [0.3, 0.4) is 0 Å². The number of aliphatic hydroxyl groups is 2. The second-order valence-electron chi connectivity index (χ2n) is 11.6. The molecule has 1 aliphatic rings. The van der Waals surface area contributed by atoms with Gasteiger partial charge in [-0.25, -0.2) is 15.0 Å². The van der Waals surface area contributed by atoms with Crippen LogP contribution in [-0.4, -0.2) is 79.5 Å². The number of H-pyrrole nitrogens is 1. The second-order valence-corrected chi connectivity index (χ2v) is 13.5. The van der Waals surface area contributed by atoms with Crippen molar-refractivity contribution in [2.24, 2.45) is 5.11 Å². The highest BCUT2D eigenvalue weighted by Crippen LogP contribution is 2.45. The first-order valence-corrected chi connectivity index (χ1v) is 14.4. The summed E-state index contributed by atoms with van der Waals surface area (Å²) in [5.74, 6) is -1.65. The van der Waals surface area contributed by atoms with E-state index in [1.54, 1.807) is 41.5 Å². The van der Waals surface area contributed by atoms with Crippen LogP contribution in [-0.2, 0) is 32.9 Å². The van der Waals surface area contributed by atoms with Crippen LogP contribution in [0.25, 0.3) is 10.4 Å². The zero-order valence-corrected chi connectivity index (χ0v) is 25.4. The maximum absolute atomic E-state index is 14.0. The van der Waals surface area contributed by atoms with Crippen molar-refractivity contribution in [3.8, 4) is 0 Å². The minimum Gasteiger partial charge on any atom is -0.459 e. The van der Waals surface area contributed by atoms with Gasteiger partial charge in [0.2, 0.25) is 5.72 Å². The van der Waals surface area contributed by atoms with Crippen LogP contribution in [0.2, 0.25) is 0 Å². The Labute approximate surface area is 240 Å². The Balaban J connectivity index is 2.42. The van der Waals surface area contributed by atoms with E-state index in [0.29, 0.717) is 0 Å². The van der Waals surface area contributed by atoms with Gasteiger partial charge in [-0.15, -0.1) is 0 Å². The molecule has 236 valence electrons. The van der Waals surface area contributed by atoms with Crippen LogP contribution in [0.4, 0.5) is 0 Å². The number of aromatic amines is 1. The Morgan fingerprint density at radius 1 is 1.14 bits per heavy atom. The van der Waals surface area contributed by atoms with E-state index in [1.807, 2.05) is 4.98 Å². The van der Waals surface area contributed by atoms with Gasteiger partial charge in [0.05, 0.1) is 6.61 Å². The van der Waals surface area contributed by atoms with Gasteiger partial charge in [0, 0.05) is 17.2 Å². The van der Waals surface area contributed by atoms with Crippen LogP contribution < -0.4 is 21.4 Å². The molecule has 1 saturated heterocycles. The van der Waals surface area contributed by atoms with Gasteiger partial charge in [0.25, 0.3) is 5.56 Å². The molecule has 1 aromatic rings. The predicted octanol–water partition coefficient (Wildman–Crippen LogP) is 0.558. The molecule has 1 aliphatic heterocycles. The Kier molecular flexibility index (Phi) is 10.9. The molecule has 42 heavy (non-hydrogen) atoms. The van der Waals surface area contributed by atoms with Gasteiger partial charge in [-0.05, 0) is 60.9 Å². The lowest BCUT2D eigenvalue weighted by Gasteiger charge is -2.32. The molecule has 0 aromatic carbocycles. The van der Waals surface area contributed by atoms with Gasteiger partial charge in [0.15, 0.2) is 6.23 Å². The Morgan fingerprint density at radius 2 is 1.64 bits per heavy atom. The van der Waals surface area contributed by atoms with Gasteiger partial charge in [-0.1, -0.05) is 5.11 Å². The fourth-order valence-corrected chi connectivity index (χ4v) is 5.44. The average Bonchev–Trinajstić information content (AvgIpc) is 3.06. The molecule has 0 aliphatic carbocycles. The lowest BCUT2D eigenvalue weighted by Crippen LogP contribution is -2.48. The van der Waals surface area contributed by atoms with E-state index in [2.05, 4.69) is 20.2 Å². The summed E-state index contributed by atoms with van der Waals surface area (Å²) in [6, 6.07) is -1.61. The molecule has 1 fully saturated rings. The molecule has 0 unspecified atom stereocenters. The number of rotatable bonds is 11. The maximum Gasteiger partial charge on any atom is 0.342 e. The fourth-order valence-electron chi connectivity index (χ4n) is 3.62. The monoisotopic (exact) mass is 619 g/mol. The first-order valence-electron chi connectivity index (χ1n) is 12.8. The van der Waals surface area contributed by atoms with Gasteiger partial charge >= 0.3 is 25.3 Å². The summed E-state index contributed by atoms with van der Waals surface area (Å²) in [4.78, 5) is 53.5. The maximum atomic E-state index is 14.0. The fraction of sp³-hybridized carbons (Fsp3) is 0.739. The summed E-state index contributed by atoms with van der Waals surface area (Å²) in [5.41, 5.74) is 3.20. The first kappa shape index (κ1) is 35.1. The van der Waals surface area contributed by atoms with Crippen molar-refractivity contribution in [1.29, 1.82) is 0 Å².